The predicted octanol–water partition coefficient (Wildman–Crippen LogP) is 1.85. The molecule has 0 bridgehead atoms. The Morgan fingerprint density at radius 2 is 1.62 bits per heavy atom. The molecule has 0 atom stereocenters. The Bertz CT molecular complexity index is 730. The largest absolute Gasteiger partial charge is 0.340 e. The highest BCUT2D eigenvalue weighted by molar-refractivity contribution is 7.85. The van der Waals surface area contributed by atoms with Crippen molar-refractivity contribution in [3.8, 4) is 0 Å². The molecule has 0 spiro atoms. The lowest BCUT2D eigenvalue weighted by Gasteiger charge is -2.17. The van der Waals surface area contributed by atoms with E-state index in [1.165, 1.54) is 24.3 Å². The lowest BCUT2D eigenvalue weighted by atomic mass is 10.3. The molecule has 0 aliphatic rings. The van der Waals surface area contributed by atoms with Crippen LogP contribution in [0.5, 0.6) is 0 Å². The third-order valence-electron chi connectivity index (χ3n) is 2.66. The van der Waals surface area contributed by atoms with Crippen LogP contribution in [0.2, 0.25) is 0 Å². The van der Waals surface area contributed by atoms with Gasteiger partial charge in [0.2, 0.25) is 0 Å². The minimum absolute atomic E-state index is 0.256. The second kappa shape index (κ2) is 5.92. The molecular formula is C13H13N3O4S. The molecule has 2 aromatic rings. The van der Waals surface area contributed by atoms with Gasteiger partial charge in [-0.3, -0.25) is 4.55 Å². The topological polar surface area (TPSA) is 113 Å². The molecule has 0 unspecified atom stereocenters. The number of carbonyl (C=O) groups is 1. The zero-order chi connectivity index (χ0) is 15.5. The van der Waals surface area contributed by atoms with E-state index < -0.39 is 16.1 Å². The maximum Gasteiger partial charge on any atom is 0.340 e. The summed E-state index contributed by atoms with van der Waals surface area (Å²) in [4.78, 5) is 11.7. The van der Waals surface area contributed by atoms with Crippen molar-refractivity contribution in [2.45, 2.75) is 4.90 Å². The molecule has 2 rings (SSSR count). The number of para-hydroxylation sites is 1. The second-order valence-corrected chi connectivity index (χ2v) is 5.56. The molecule has 0 aliphatic carbocycles. The van der Waals surface area contributed by atoms with E-state index in [1.807, 2.05) is 0 Å². The van der Waals surface area contributed by atoms with Crippen molar-refractivity contribution >= 4 is 27.5 Å². The van der Waals surface area contributed by atoms with E-state index in [0.717, 1.165) is 5.01 Å². The van der Waals surface area contributed by atoms with Crippen LogP contribution >= 0.6 is 0 Å². The Hall–Kier alpha value is -2.42. The van der Waals surface area contributed by atoms with E-state index in [4.69, 9.17) is 10.4 Å². The van der Waals surface area contributed by atoms with Crippen LogP contribution < -0.4 is 16.2 Å². The normalized spacial score (nSPS) is 11.0. The first kappa shape index (κ1) is 15.0. The molecule has 0 aromatic heterocycles. The van der Waals surface area contributed by atoms with Gasteiger partial charge in [-0.1, -0.05) is 18.2 Å². The molecule has 0 fully saturated rings. The number of nitrogens with one attached hydrogen (secondary N) is 1. The monoisotopic (exact) mass is 307 g/mol. The average Bonchev–Trinajstić information content (AvgIpc) is 2.47. The number of anilines is 2. The number of hydrazine groups is 1. The number of urea groups is 1. The third kappa shape index (κ3) is 3.78. The van der Waals surface area contributed by atoms with Gasteiger partial charge in [-0.2, -0.15) is 8.42 Å². The molecule has 0 radical (unpaired) electrons. The highest BCUT2D eigenvalue weighted by Crippen LogP contribution is 2.15. The van der Waals surface area contributed by atoms with Crippen LogP contribution in [0, 0.1) is 0 Å². The lowest BCUT2D eigenvalue weighted by molar-refractivity contribution is 0.257. The Morgan fingerprint density at radius 1 is 1.05 bits per heavy atom. The van der Waals surface area contributed by atoms with Crippen LogP contribution in [0.4, 0.5) is 16.2 Å². The number of hydrogen-bond acceptors (Lipinski definition) is 4. The van der Waals surface area contributed by atoms with E-state index >= 15 is 0 Å². The Kier molecular flexibility index (Phi) is 4.22. The molecule has 0 saturated carbocycles. The van der Waals surface area contributed by atoms with Crippen molar-refractivity contribution in [3.63, 3.8) is 0 Å². The Balaban J connectivity index is 2.10. The fourth-order valence-electron chi connectivity index (χ4n) is 1.60. The van der Waals surface area contributed by atoms with Gasteiger partial charge in [-0.05, 0) is 36.4 Å². The van der Waals surface area contributed by atoms with Crippen molar-refractivity contribution in [1.29, 1.82) is 0 Å². The first-order valence-electron chi connectivity index (χ1n) is 5.86. The molecule has 21 heavy (non-hydrogen) atoms. The van der Waals surface area contributed by atoms with Crippen LogP contribution in [0.3, 0.4) is 0 Å². The van der Waals surface area contributed by atoms with E-state index in [1.54, 1.807) is 30.3 Å². The van der Waals surface area contributed by atoms with Gasteiger partial charge in [0, 0.05) is 5.69 Å². The standard InChI is InChI=1S/C13H13N3O4S/c14-16(11-4-2-1-3-5-11)13(17)15-10-6-8-12(9-7-10)21(18,19)20/h1-9H,14H2,(H,15,17)(H,18,19,20). The zero-order valence-electron chi connectivity index (χ0n) is 10.8. The van der Waals surface area contributed by atoms with E-state index in [9.17, 15) is 13.2 Å². The summed E-state index contributed by atoms with van der Waals surface area (Å²) in [6.45, 7) is 0. The lowest BCUT2D eigenvalue weighted by Crippen LogP contribution is -2.40. The first-order chi connectivity index (χ1) is 9.88. The van der Waals surface area contributed by atoms with Crippen molar-refractivity contribution in [2.75, 3.05) is 10.3 Å². The summed E-state index contributed by atoms with van der Waals surface area (Å²) in [6.07, 6.45) is 0. The molecule has 2 aromatic carbocycles. The van der Waals surface area contributed by atoms with Gasteiger partial charge < -0.3 is 5.32 Å². The first-order valence-corrected chi connectivity index (χ1v) is 7.30. The summed E-state index contributed by atoms with van der Waals surface area (Å²) >= 11 is 0. The minimum atomic E-state index is -4.26. The quantitative estimate of drug-likeness (QED) is 0.346. The molecule has 8 heteroatoms. The molecule has 0 aliphatic heterocycles. The molecule has 0 heterocycles. The average molecular weight is 307 g/mol. The summed E-state index contributed by atoms with van der Waals surface area (Å²) in [7, 11) is -4.26. The van der Waals surface area contributed by atoms with E-state index in [2.05, 4.69) is 5.32 Å². The number of rotatable bonds is 3. The number of amides is 2. The van der Waals surface area contributed by atoms with Crippen LogP contribution in [-0.4, -0.2) is 19.0 Å². The van der Waals surface area contributed by atoms with Crippen LogP contribution in [0.1, 0.15) is 0 Å². The summed E-state index contributed by atoms with van der Waals surface area (Å²) in [5.41, 5.74) is 0.850. The fraction of sp³-hybridized carbons (Fsp3) is 0. The maximum absolute atomic E-state index is 11.9. The SMILES string of the molecule is NN(C(=O)Nc1ccc(S(=O)(=O)O)cc1)c1ccccc1. The van der Waals surface area contributed by atoms with Crippen LogP contribution in [-0.2, 0) is 10.1 Å². The molecule has 0 saturated heterocycles. The van der Waals surface area contributed by atoms with Gasteiger partial charge in [-0.25, -0.2) is 15.6 Å². The second-order valence-electron chi connectivity index (χ2n) is 4.14. The van der Waals surface area contributed by atoms with Gasteiger partial charge in [0.05, 0.1) is 10.6 Å². The zero-order valence-corrected chi connectivity index (χ0v) is 11.6. The third-order valence-corrected chi connectivity index (χ3v) is 3.52. The van der Waals surface area contributed by atoms with Crippen molar-refractivity contribution < 1.29 is 17.8 Å². The van der Waals surface area contributed by atoms with Gasteiger partial charge in [0.1, 0.15) is 0 Å². The van der Waals surface area contributed by atoms with Gasteiger partial charge in [-0.15, -0.1) is 0 Å². The molecular weight excluding hydrogens is 294 g/mol. The highest BCUT2D eigenvalue weighted by atomic mass is 32.2. The minimum Gasteiger partial charge on any atom is -0.306 e. The Labute approximate surface area is 121 Å². The van der Waals surface area contributed by atoms with Crippen molar-refractivity contribution in [1.82, 2.24) is 0 Å². The van der Waals surface area contributed by atoms with Crippen LogP contribution in [0.25, 0.3) is 0 Å². The van der Waals surface area contributed by atoms with Crippen molar-refractivity contribution in [3.05, 3.63) is 54.6 Å². The van der Waals surface area contributed by atoms with Gasteiger partial charge in [0.15, 0.2) is 0 Å². The molecule has 110 valence electrons. The summed E-state index contributed by atoms with van der Waals surface area (Å²) in [5, 5.41) is 3.43. The fourth-order valence-corrected chi connectivity index (χ4v) is 2.08. The molecule has 4 N–H and O–H groups in total. The smallest absolute Gasteiger partial charge is 0.306 e. The van der Waals surface area contributed by atoms with E-state index in [-0.39, 0.29) is 4.90 Å². The highest BCUT2D eigenvalue weighted by Gasteiger charge is 2.13. The van der Waals surface area contributed by atoms with Gasteiger partial charge >= 0.3 is 6.03 Å². The number of carbonyl (C=O) groups excluding carboxylic acids is 1. The summed E-state index contributed by atoms with van der Waals surface area (Å²) in [5.74, 6) is 5.67. The van der Waals surface area contributed by atoms with Crippen LogP contribution in [0.15, 0.2) is 59.5 Å². The van der Waals surface area contributed by atoms with Gasteiger partial charge in [0.25, 0.3) is 10.1 Å². The summed E-state index contributed by atoms with van der Waals surface area (Å²) < 4.78 is 30.7. The number of hydrogen-bond donors (Lipinski definition) is 3. The number of benzene rings is 2. The van der Waals surface area contributed by atoms with E-state index in [0.29, 0.717) is 11.4 Å². The number of nitrogens with zero attached hydrogens (tertiary/aromatic N) is 1. The molecule has 7 nitrogen and oxygen atoms in total. The maximum atomic E-state index is 11.9. The summed E-state index contributed by atoms with van der Waals surface area (Å²) in [6, 6.07) is 13.1. The Morgan fingerprint density at radius 3 is 2.14 bits per heavy atom. The molecule has 2 amide bonds. The predicted molar refractivity (Wildman–Crippen MR) is 78.4 cm³/mol. The number of nitrogens with two attached hydrogens (primary N) is 1. The van der Waals surface area contributed by atoms with Crippen molar-refractivity contribution in [2.24, 2.45) is 5.84 Å².